The third-order valence-corrected chi connectivity index (χ3v) is 3.64. The second-order valence-electron chi connectivity index (χ2n) is 5.33. The third kappa shape index (κ3) is 3.63. The predicted octanol–water partition coefficient (Wildman–Crippen LogP) is 4.52. The molecule has 0 heterocycles. The minimum atomic E-state index is 0.741. The Bertz CT molecular complexity index is 546. The van der Waals surface area contributed by atoms with Crippen LogP contribution in [0.25, 0.3) is 10.8 Å². The fraction of sp³-hybridized carbons (Fsp3) is 0.412. The van der Waals surface area contributed by atoms with Crippen molar-refractivity contribution in [2.45, 2.75) is 45.4 Å². The van der Waals surface area contributed by atoms with Crippen molar-refractivity contribution in [1.29, 1.82) is 0 Å². The lowest BCUT2D eigenvalue weighted by atomic mass is 10.0. The summed E-state index contributed by atoms with van der Waals surface area (Å²) in [6, 6.07) is 10.4. The second kappa shape index (κ2) is 6.46. The molecule has 19 heavy (non-hydrogen) atoms. The van der Waals surface area contributed by atoms with E-state index < -0.39 is 0 Å². The summed E-state index contributed by atoms with van der Waals surface area (Å²) < 4.78 is 0. The van der Waals surface area contributed by atoms with Gasteiger partial charge < -0.3 is 11.5 Å². The van der Waals surface area contributed by atoms with Gasteiger partial charge in [0.2, 0.25) is 0 Å². The van der Waals surface area contributed by atoms with Gasteiger partial charge in [0.25, 0.3) is 0 Å². The summed E-state index contributed by atoms with van der Waals surface area (Å²) in [6.07, 6.45) is 7.74. The van der Waals surface area contributed by atoms with Crippen LogP contribution in [0.5, 0.6) is 0 Å². The summed E-state index contributed by atoms with van der Waals surface area (Å²) >= 11 is 0. The molecule has 0 radical (unpaired) electrons. The highest BCUT2D eigenvalue weighted by atomic mass is 14.6. The number of hydrogen-bond acceptors (Lipinski definition) is 2. The van der Waals surface area contributed by atoms with E-state index in [1.54, 1.807) is 0 Å². The Balaban J connectivity index is 2.05. The topological polar surface area (TPSA) is 52.0 Å². The molecule has 4 N–H and O–H groups in total. The first-order valence-corrected chi connectivity index (χ1v) is 7.28. The van der Waals surface area contributed by atoms with Crippen LogP contribution >= 0.6 is 0 Å². The maximum Gasteiger partial charge on any atom is 0.0414 e. The molecule has 0 atom stereocenters. The smallest absolute Gasteiger partial charge is 0.0414 e. The highest BCUT2D eigenvalue weighted by Gasteiger charge is 2.01. The van der Waals surface area contributed by atoms with E-state index in [1.807, 2.05) is 12.1 Å². The molecule has 0 bridgehead atoms. The summed E-state index contributed by atoms with van der Waals surface area (Å²) in [7, 11) is 0. The zero-order valence-corrected chi connectivity index (χ0v) is 11.8. The fourth-order valence-corrected chi connectivity index (χ4v) is 2.56. The lowest BCUT2D eigenvalue weighted by Gasteiger charge is -2.07. The Labute approximate surface area is 115 Å². The van der Waals surface area contributed by atoms with E-state index in [0.29, 0.717) is 0 Å². The molecule has 0 fully saturated rings. The first-order valence-electron chi connectivity index (χ1n) is 7.28. The van der Waals surface area contributed by atoms with Crippen LogP contribution in [0.15, 0.2) is 30.3 Å². The van der Waals surface area contributed by atoms with Gasteiger partial charge in [0.1, 0.15) is 0 Å². The summed E-state index contributed by atoms with van der Waals surface area (Å²) in [4.78, 5) is 0. The van der Waals surface area contributed by atoms with Gasteiger partial charge in [0.15, 0.2) is 0 Å². The number of nitrogens with two attached hydrogens (primary N) is 2. The molecule has 2 rings (SSSR count). The number of hydrogen-bond donors (Lipinski definition) is 2. The Morgan fingerprint density at radius 3 is 2.47 bits per heavy atom. The van der Waals surface area contributed by atoms with Gasteiger partial charge in [-0.05, 0) is 35.9 Å². The SMILES string of the molecule is CCCCCCCc1ccc2c(N)cc(N)cc2c1. The Hall–Kier alpha value is -1.70. The minimum absolute atomic E-state index is 0.741. The normalized spacial score (nSPS) is 11.0. The second-order valence-corrected chi connectivity index (χ2v) is 5.33. The molecule has 0 aromatic heterocycles. The molecule has 0 amide bonds. The molecule has 2 aromatic rings. The zero-order valence-electron chi connectivity index (χ0n) is 11.8. The van der Waals surface area contributed by atoms with Gasteiger partial charge >= 0.3 is 0 Å². The zero-order chi connectivity index (χ0) is 13.7. The largest absolute Gasteiger partial charge is 0.399 e. The van der Waals surface area contributed by atoms with Crippen molar-refractivity contribution >= 4 is 22.1 Å². The number of benzene rings is 2. The minimum Gasteiger partial charge on any atom is -0.399 e. The molecule has 102 valence electrons. The van der Waals surface area contributed by atoms with Gasteiger partial charge in [0.05, 0.1) is 0 Å². The lowest BCUT2D eigenvalue weighted by molar-refractivity contribution is 0.632. The number of fused-ring (bicyclic) bond motifs is 1. The number of aryl methyl sites for hydroxylation is 1. The molecule has 0 aliphatic rings. The van der Waals surface area contributed by atoms with Crippen molar-refractivity contribution in [3.05, 3.63) is 35.9 Å². The van der Waals surface area contributed by atoms with Crippen molar-refractivity contribution in [3.63, 3.8) is 0 Å². The number of unbranched alkanes of at least 4 members (excludes halogenated alkanes) is 4. The fourth-order valence-electron chi connectivity index (χ4n) is 2.56. The molecule has 0 unspecified atom stereocenters. The van der Waals surface area contributed by atoms with E-state index in [0.717, 1.165) is 28.6 Å². The first kappa shape index (κ1) is 13.7. The van der Waals surface area contributed by atoms with E-state index in [-0.39, 0.29) is 0 Å². The van der Waals surface area contributed by atoms with Gasteiger partial charge in [-0.1, -0.05) is 50.8 Å². The van der Waals surface area contributed by atoms with Crippen LogP contribution in [0.2, 0.25) is 0 Å². The first-order chi connectivity index (χ1) is 9.20. The van der Waals surface area contributed by atoms with E-state index in [2.05, 4.69) is 25.1 Å². The van der Waals surface area contributed by atoms with Crippen molar-refractivity contribution in [1.82, 2.24) is 0 Å². The molecule has 0 aliphatic heterocycles. The van der Waals surface area contributed by atoms with Crippen LogP contribution in [-0.2, 0) is 6.42 Å². The number of nitrogen functional groups attached to an aromatic ring is 2. The van der Waals surface area contributed by atoms with Crippen molar-refractivity contribution < 1.29 is 0 Å². The predicted molar refractivity (Wildman–Crippen MR) is 85.2 cm³/mol. The number of rotatable bonds is 6. The van der Waals surface area contributed by atoms with Crippen LogP contribution in [0.1, 0.15) is 44.6 Å². The van der Waals surface area contributed by atoms with Gasteiger partial charge in [0, 0.05) is 16.8 Å². The van der Waals surface area contributed by atoms with E-state index in [4.69, 9.17) is 11.5 Å². The van der Waals surface area contributed by atoms with Crippen LogP contribution < -0.4 is 11.5 Å². The Morgan fingerprint density at radius 1 is 0.895 bits per heavy atom. The summed E-state index contributed by atoms with van der Waals surface area (Å²) in [5, 5.41) is 2.26. The average molecular weight is 256 g/mol. The molecule has 2 heteroatoms. The monoisotopic (exact) mass is 256 g/mol. The average Bonchev–Trinajstić information content (AvgIpc) is 2.38. The van der Waals surface area contributed by atoms with E-state index >= 15 is 0 Å². The molecule has 0 saturated carbocycles. The summed E-state index contributed by atoms with van der Waals surface area (Å²) in [6.45, 7) is 2.25. The van der Waals surface area contributed by atoms with Gasteiger partial charge in [-0.2, -0.15) is 0 Å². The molecular formula is C17H24N2. The molecule has 0 aliphatic carbocycles. The van der Waals surface area contributed by atoms with Gasteiger partial charge in [-0.15, -0.1) is 0 Å². The van der Waals surface area contributed by atoms with Gasteiger partial charge in [-0.3, -0.25) is 0 Å². The molecular weight excluding hydrogens is 232 g/mol. The maximum absolute atomic E-state index is 5.98. The van der Waals surface area contributed by atoms with E-state index in [9.17, 15) is 0 Å². The third-order valence-electron chi connectivity index (χ3n) is 3.64. The molecule has 2 nitrogen and oxygen atoms in total. The van der Waals surface area contributed by atoms with Crippen LogP contribution in [0.4, 0.5) is 11.4 Å². The van der Waals surface area contributed by atoms with Crippen molar-refractivity contribution in [3.8, 4) is 0 Å². The van der Waals surface area contributed by atoms with Crippen LogP contribution in [-0.4, -0.2) is 0 Å². The van der Waals surface area contributed by atoms with Crippen LogP contribution in [0.3, 0.4) is 0 Å². The molecule has 2 aromatic carbocycles. The lowest BCUT2D eigenvalue weighted by Crippen LogP contribution is -1.93. The standard InChI is InChI=1S/C17H24N2/c1-2-3-4-5-6-7-13-8-9-16-14(10-13)11-15(18)12-17(16)19/h8-12H,2-7,18-19H2,1H3. The van der Waals surface area contributed by atoms with Gasteiger partial charge in [-0.25, -0.2) is 0 Å². The summed E-state index contributed by atoms with van der Waals surface area (Å²) in [5.74, 6) is 0. The highest BCUT2D eigenvalue weighted by molar-refractivity contribution is 5.95. The van der Waals surface area contributed by atoms with E-state index in [1.165, 1.54) is 37.7 Å². The summed E-state index contributed by atoms with van der Waals surface area (Å²) in [5.41, 5.74) is 14.7. The maximum atomic E-state index is 5.98. The van der Waals surface area contributed by atoms with Crippen molar-refractivity contribution in [2.24, 2.45) is 0 Å². The molecule has 0 spiro atoms. The Kier molecular flexibility index (Phi) is 4.67. The van der Waals surface area contributed by atoms with Crippen LogP contribution in [0, 0.1) is 0 Å². The molecule has 0 saturated heterocycles. The quantitative estimate of drug-likeness (QED) is 0.590. The van der Waals surface area contributed by atoms with Crippen molar-refractivity contribution in [2.75, 3.05) is 11.5 Å². The Morgan fingerprint density at radius 2 is 1.68 bits per heavy atom. The number of anilines is 2. The highest BCUT2D eigenvalue weighted by Crippen LogP contribution is 2.26.